The number of anilines is 2. The van der Waals surface area contributed by atoms with E-state index < -0.39 is 17.1 Å². The van der Waals surface area contributed by atoms with E-state index in [1.807, 2.05) is 43.3 Å². The number of thioether (sulfide) groups is 1. The minimum atomic E-state index is -0.514. The lowest BCUT2D eigenvalue weighted by atomic mass is 10.0. The molecule has 3 N–H and O–H groups in total. The topological polar surface area (TPSA) is 131 Å². The van der Waals surface area contributed by atoms with Crippen LogP contribution >= 0.6 is 39.0 Å². The maximum Gasteiger partial charge on any atom is 0.272 e. The van der Waals surface area contributed by atoms with E-state index in [9.17, 15) is 24.4 Å². The van der Waals surface area contributed by atoms with E-state index in [1.165, 1.54) is 30.0 Å². The van der Waals surface area contributed by atoms with Crippen LogP contribution in [0.15, 0.2) is 93.9 Å². The van der Waals surface area contributed by atoms with Crippen LogP contribution in [0.4, 0.5) is 10.7 Å². The van der Waals surface area contributed by atoms with Gasteiger partial charge in [-0.25, -0.2) is 0 Å². The Bertz CT molecular complexity index is 1940. The number of benzene rings is 3. The van der Waals surface area contributed by atoms with Crippen molar-refractivity contribution in [3.63, 3.8) is 0 Å². The molecule has 48 heavy (non-hydrogen) atoms. The molecule has 5 rings (SSSR count). The fraction of sp³-hybridized carbons (Fsp3) is 0.194. The quantitative estimate of drug-likeness (QED) is 0.116. The van der Waals surface area contributed by atoms with Crippen molar-refractivity contribution in [2.75, 3.05) is 17.2 Å². The predicted molar refractivity (Wildman–Crippen MR) is 193 cm³/mol. The number of amides is 4. The van der Waals surface area contributed by atoms with Gasteiger partial charge in [-0.2, -0.15) is 5.26 Å². The van der Waals surface area contributed by atoms with Crippen molar-refractivity contribution in [2.45, 2.75) is 43.4 Å². The number of carbonyl (C=O) groups is 4. The van der Waals surface area contributed by atoms with E-state index in [-0.39, 0.29) is 17.5 Å². The first-order valence-electron chi connectivity index (χ1n) is 15.2. The second-order valence-electron chi connectivity index (χ2n) is 10.9. The van der Waals surface area contributed by atoms with Crippen molar-refractivity contribution < 1.29 is 19.2 Å². The third kappa shape index (κ3) is 8.60. The lowest BCUT2D eigenvalue weighted by Gasteiger charge is -2.25. The summed E-state index contributed by atoms with van der Waals surface area (Å²) in [6.07, 6.45) is 2.69. The molecule has 4 amide bonds. The Hall–Kier alpha value is -4.70. The molecule has 2 heterocycles. The van der Waals surface area contributed by atoms with Gasteiger partial charge >= 0.3 is 0 Å². The number of nitrogens with zero attached hydrogens (tertiary/aromatic N) is 2. The zero-order chi connectivity index (χ0) is 34.2. The zero-order valence-corrected chi connectivity index (χ0v) is 29.4. The minimum absolute atomic E-state index is 0.0207. The van der Waals surface area contributed by atoms with Gasteiger partial charge in [0.15, 0.2) is 0 Å². The fourth-order valence-corrected chi connectivity index (χ4v) is 7.76. The first kappa shape index (κ1) is 34.6. The third-order valence-corrected chi connectivity index (χ3v) is 10.6. The first-order valence-corrected chi connectivity index (χ1v) is 17.7. The highest BCUT2D eigenvalue weighted by Gasteiger charge is 2.28. The van der Waals surface area contributed by atoms with Gasteiger partial charge < -0.3 is 20.9 Å². The SMILES string of the molecule is CCC(Sc1cccc(NC(=O)/C(=C\c2cccc(Br)c2)NC(=O)c2ccccc2)c1)C(=O)Nc1sc2c(c1C#N)CCN(C(C)=O)C2. The normalized spacial score (nSPS) is 13.1. The number of thiophene rings is 1. The lowest BCUT2D eigenvalue weighted by molar-refractivity contribution is -0.129. The molecule has 0 saturated carbocycles. The van der Waals surface area contributed by atoms with Crippen LogP contribution in [0.1, 0.15) is 52.2 Å². The number of nitrogens with one attached hydrogen (secondary N) is 3. The van der Waals surface area contributed by atoms with E-state index in [2.05, 4.69) is 37.9 Å². The largest absolute Gasteiger partial charge is 0.337 e. The first-order chi connectivity index (χ1) is 23.1. The van der Waals surface area contributed by atoms with Crippen LogP contribution in [0.5, 0.6) is 0 Å². The van der Waals surface area contributed by atoms with Crippen molar-refractivity contribution in [1.82, 2.24) is 10.2 Å². The number of carbonyl (C=O) groups excluding carboxylic acids is 4. The summed E-state index contributed by atoms with van der Waals surface area (Å²) in [5.41, 5.74) is 3.03. The van der Waals surface area contributed by atoms with E-state index in [0.717, 1.165) is 19.8 Å². The number of halogens is 1. The Morgan fingerprint density at radius 3 is 2.52 bits per heavy atom. The molecule has 12 heteroatoms. The summed E-state index contributed by atoms with van der Waals surface area (Å²) in [5, 5.41) is 18.5. The van der Waals surface area contributed by atoms with Gasteiger partial charge in [0, 0.05) is 39.0 Å². The summed E-state index contributed by atoms with van der Waals surface area (Å²) in [6, 6.07) is 25.4. The second-order valence-corrected chi connectivity index (χ2v) is 14.2. The number of hydrogen-bond acceptors (Lipinski definition) is 7. The molecule has 9 nitrogen and oxygen atoms in total. The molecule has 1 aromatic heterocycles. The minimum Gasteiger partial charge on any atom is -0.337 e. The Kier molecular flexibility index (Phi) is 11.5. The number of rotatable bonds is 10. The van der Waals surface area contributed by atoms with Crippen LogP contribution in [0.25, 0.3) is 6.08 Å². The van der Waals surface area contributed by atoms with E-state index in [1.54, 1.807) is 53.4 Å². The smallest absolute Gasteiger partial charge is 0.272 e. The fourth-order valence-electron chi connectivity index (χ4n) is 5.11. The van der Waals surface area contributed by atoms with Crippen LogP contribution in [0.3, 0.4) is 0 Å². The highest BCUT2D eigenvalue weighted by atomic mass is 79.9. The summed E-state index contributed by atoms with van der Waals surface area (Å²) in [5.74, 6) is -1.19. The lowest BCUT2D eigenvalue weighted by Crippen LogP contribution is -2.33. The molecule has 1 unspecified atom stereocenters. The van der Waals surface area contributed by atoms with Gasteiger partial charge in [0.2, 0.25) is 11.8 Å². The van der Waals surface area contributed by atoms with Crippen LogP contribution in [-0.4, -0.2) is 40.3 Å². The molecule has 0 aliphatic carbocycles. The maximum atomic E-state index is 13.5. The molecule has 0 fully saturated rings. The van der Waals surface area contributed by atoms with Crippen LogP contribution in [-0.2, 0) is 27.3 Å². The van der Waals surface area contributed by atoms with Gasteiger partial charge in [0.05, 0.1) is 17.4 Å². The number of nitriles is 1. The Morgan fingerprint density at radius 2 is 1.81 bits per heavy atom. The van der Waals surface area contributed by atoms with Gasteiger partial charge in [-0.1, -0.05) is 59.3 Å². The van der Waals surface area contributed by atoms with Gasteiger partial charge in [-0.3, -0.25) is 19.2 Å². The number of fused-ring (bicyclic) bond motifs is 1. The van der Waals surface area contributed by atoms with Crippen LogP contribution in [0, 0.1) is 11.3 Å². The summed E-state index contributed by atoms with van der Waals surface area (Å²) in [4.78, 5) is 55.3. The summed E-state index contributed by atoms with van der Waals surface area (Å²) in [6.45, 7) is 4.41. The van der Waals surface area contributed by atoms with Gasteiger partial charge in [0.1, 0.15) is 16.8 Å². The number of hydrogen-bond donors (Lipinski definition) is 3. The van der Waals surface area contributed by atoms with E-state index >= 15 is 0 Å². The van der Waals surface area contributed by atoms with Gasteiger partial charge in [-0.15, -0.1) is 23.1 Å². The molecule has 1 atom stereocenters. The van der Waals surface area contributed by atoms with Crippen LogP contribution < -0.4 is 16.0 Å². The second kappa shape index (κ2) is 15.9. The maximum absolute atomic E-state index is 13.5. The summed E-state index contributed by atoms with van der Waals surface area (Å²) < 4.78 is 0.826. The van der Waals surface area contributed by atoms with Gasteiger partial charge in [0.25, 0.3) is 11.8 Å². The van der Waals surface area contributed by atoms with E-state index in [0.29, 0.717) is 53.3 Å². The molecule has 0 radical (unpaired) electrons. The highest BCUT2D eigenvalue weighted by molar-refractivity contribution is 9.10. The van der Waals surface area contributed by atoms with Crippen molar-refractivity contribution in [3.8, 4) is 6.07 Å². The molecule has 0 saturated heterocycles. The zero-order valence-electron chi connectivity index (χ0n) is 26.2. The summed E-state index contributed by atoms with van der Waals surface area (Å²) in [7, 11) is 0. The highest BCUT2D eigenvalue weighted by Crippen LogP contribution is 2.37. The molecule has 3 aromatic carbocycles. The third-order valence-electron chi connectivity index (χ3n) is 7.57. The predicted octanol–water partition coefficient (Wildman–Crippen LogP) is 7.21. The van der Waals surface area contributed by atoms with Crippen molar-refractivity contribution >= 4 is 79.4 Å². The van der Waals surface area contributed by atoms with Crippen molar-refractivity contribution in [1.29, 1.82) is 5.26 Å². The molecule has 0 spiro atoms. The van der Waals surface area contributed by atoms with Crippen LogP contribution in [0.2, 0.25) is 0 Å². The molecule has 4 aromatic rings. The van der Waals surface area contributed by atoms with E-state index in [4.69, 9.17) is 0 Å². The molecular weight excluding hydrogens is 710 g/mol. The molecule has 0 bridgehead atoms. The average molecular weight is 743 g/mol. The Balaban J connectivity index is 1.30. The molecule has 244 valence electrons. The van der Waals surface area contributed by atoms with Crippen molar-refractivity contribution in [2.24, 2.45) is 0 Å². The Labute approximate surface area is 295 Å². The molecular formula is C36H32BrN5O4S2. The summed E-state index contributed by atoms with van der Waals surface area (Å²) >= 11 is 6.13. The average Bonchev–Trinajstić information content (AvgIpc) is 3.43. The molecule has 1 aliphatic heterocycles. The standard InChI is InChI=1S/C36H32BrN5O4S2/c1-3-31(35(46)41-36-29(20-38)28-15-16-42(22(2)43)21-32(28)48-36)47-27-14-8-13-26(19-27)39-34(45)30(18-23-9-7-12-25(37)17-23)40-33(44)24-10-5-4-6-11-24/h4-14,17-19,31H,3,15-16,21H2,1-2H3,(H,39,45)(H,40,44)(H,41,46)/b30-18+. The monoisotopic (exact) mass is 741 g/mol. The Morgan fingerprint density at radius 1 is 1.04 bits per heavy atom. The molecule has 1 aliphatic rings. The van der Waals surface area contributed by atoms with Gasteiger partial charge in [-0.05, 0) is 72.5 Å². The van der Waals surface area contributed by atoms with Crippen molar-refractivity contribution in [3.05, 3.63) is 116 Å².